The lowest BCUT2D eigenvalue weighted by molar-refractivity contribution is -0.122. The predicted molar refractivity (Wildman–Crippen MR) is 164 cm³/mol. The van der Waals surface area contributed by atoms with Crippen LogP contribution in [0.1, 0.15) is 66.8 Å². The molecule has 0 aromatic carbocycles. The third-order valence-electron chi connectivity index (χ3n) is 10.3. The Labute approximate surface area is 255 Å². The highest BCUT2D eigenvalue weighted by molar-refractivity contribution is 5.97. The van der Waals surface area contributed by atoms with Gasteiger partial charge in [0.15, 0.2) is 5.88 Å². The number of nitrogens with two attached hydrogens (primary N) is 1. The van der Waals surface area contributed by atoms with Crippen molar-refractivity contribution in [1.29, 1.82) is 0 Å². The molecule has 4 bridgehead atoms. The second kappa shape index (κ2) is 10.3. The van der Waals surface area contributed by atoms with E-state index < -0.39 is 0 Å². The Balaban J connectivity index is 1.23. The molecule has 8 rings (SSSR count). The van der Waals surface area contributed by atoms with Gasteiger partial charge in [-0.1, -0.05) is 0 Å². The lowest BCUT2D eigenvalue weighted by Crippen LogP contribution is -2.40. The molecule has 3 fully saturated rings. The molecule has 0 radical (unpaired) electrons. The van der Waals surface area contributed by atoms with Crippen molar-refractivity contribution in [3.8, 4) is 17.3 Å². The van der Waals surface area contributed by atoms with Crippen LogP contribution >= 0.6 is 0 Å². The Bertz CT molecular complexity index is 1810. The number of methoxy groups -OCH3 is 1. The number of hydrogen-bond acceptors (Lipinski definition) is 7. The van der Waals surface area contributed by atoms with Gasteiger partial charge in [-0.15, -0.1) is 0 Å². The van der Waals surface area contributed by atoms with Crippen LogP contribution in [0.4, 0.5) is 0 Å². The van der Waals surface area contributed by atoms with Gasteiger partial charge in [0.25, 0.3) is 5.91 Å². The maximum atomic E-state index is 13.8. The summed E-state index contributed by atoms with van der Waals surface area (Å²) in [7, 11) is 1.63. The van der Waals surface area contributed by atoms with E-state index in [-0.39, 0.29) is 36.0 Å². The topological polar surface area (TPSA) is 129 Å². The minimum absolute atomic E-state index is 0.00402. The number of ether oxygens (including phenoxy) is 2. The summed E-state index contributed by atoms with van der Waals surface area (Å²) in [5, 5.41) is 4.08. The summed E-state index contributed by atoms with van der Waals surface area (Å²) in [6.45, 7) is 5.88. The second-order valence-electron chi connectivity index (χ2n) is 13.1. The van der Waals surface area contributed by atoms with Crippen molar-refractivity contribution in [2.45, 2.75) is 76.7 Å². The molecule has 44 heavy (non-hydrogen) atoms. The van der Waals surface area contributed by atoms with Gasteiger partial charge >= 0.3 is 0 Å². The number of nitrogens with one attached hydrogen (secondary N) is 1. The summed E-state index contributed by atoms with van der Waals surface area (Å²) >= 11 is 0. The van der Waals surface area contributed by atoms with Crippen LogP contribution in [0.2, 0.25) is 0 Å². The predicted octanol–water partition coefficient (Wildman–Crippen LogP) is 3.61. The lowest BCUT2D eigenvalue weighted by Gasteiger charge is -2.23. The first kappa shape index (κ1) is 27.6. The van der Waals surface area contributed by atoms with Crippen LogP contribution in [0, 0.1) is 18.8 Å². The lowest BCUT2D eigenvalue weighted by atomic mass is 9.97. The summed E-state index contributed by atoms with van der Waals surface area (Å²) in [5.41, 5.74) is 12.0. The van der Waals surface area contributed by atoms with Gasteiger partial charge in [-0.2, -0.15) is 0 Å². The number of aryl methyl sites for hydroxylation is 1. The highest BCUT2D eigenvalue weighted by Crippen LogP contribution is 2.43. The molecular weight excluding hydrogens is 558 g/mol. The molecule has 3 aliphatic heterocycles. The van der Waals surface area contributed by atoms with E-state index in [1.807, 2.05) is 41.3 Å². The Morgan fingerprint density at radius 3 is 2.77 bits per heavy atom. The fourth-order valence-electron chi connectivity index (χ4n) is 7.82. The fourth-order valence-corrected chi connectivity index (χ4v) is 7.82. The summed E-state index contributed by atoms with van der Waals surface area (Å²) < 4.78 is 16.0. The number of carbonyl (C=O) groups is 2. The molecule has 4 aromatic rings. The first-order valence-electron chi connectivity index (χ1n) is 15.8. The molecular formula is C33H39N7O4. The van der Waals surface area contributed by atoms with E-state index in [9.17, 15) is 9.59 Å². The van der Waals surface area contributed by atoms with Crippen molar-refractivity contribution in [2.75, 3.05) is 20.3 Å². The Morgan fingerprint density at radius 1 is 1.14 bits per heavy atom. The van der Waals surface area contributed by atoms with Crippen LogP contribution < -0.4 is 15.8 Å². The van der Waals surface area contributed by atoms with E-state index in [1.165, 1.54) is 0 Å². The summed E-state index contributed by atoms with van der Waals surface area (Å²) in [5.74, 6) is 1.45. The molecule has 0 spiro atoms. The Hall–Kier alpha value is -3.96. The second-order valence-corrected chi connectivity index (χ2v) is 13.1. The van der Waals surface area contributed by atoms with Crippen molar-refractivity contribution in [3.05, 3.63) is 47.3 Å². The van der Waals surface area contributed by atoms with Crippen LogP contribution in [0.25, 0.3) is 28.1 Å². The summed E-state index contributed by atoms with van der Waals surface area (Å²) in [6.07, 6.45) is 4.26. The zero-order chi connectivity index (χ0) is 30.3. The molecule has 4 aromatic heterocycles. The highest BCUT2D eigenvalue weighted by atomic mass is 16.5. The molecule has 11 nitrogen and oxygen atoms in total. The quantitative estimate of drug-likeness (QED) is 0.369. The fraction of sp³-hybridized carbons (Fsp3) is 0.515. The normalized spacial score (nSPS) is 28.4. The number of imidazole rings is 1. The number of rotatable bonds is 3. The molecule has 6 atom stereocenters. The molecule has 1 unspecified atom stereocenters. The maximum absolute atomic E-state index is 13.8. The van der Waals surface area contributed by atoms with Crippen molar-refractivity contribution in [2.24, 2.45) is 17.6 Å². The molecule has 230 valence electrons. The average molecular weight is 598 g/mol. The molecule has 7 heterocycles. The standard InChI is InChI=1S/C33H39N7O4/c1-17-25-6-4-19-11-27(38(32(19)36-25)15-21-10-22(21)16-44-9-8-29(41)35-17)31-18(2)39-28(37-31)12-20(13-30(39)43-3)33(42)40-23-5-7-26(40)24(34)14-23/h4,6,11-13,17,21-24,26H,5,7-10,14-16,34H2,1-3H3,(H,35,41)/t17-,21+,22?,23+,24-,26-/m1/s1. The molecule has 1 saturated carbocycles. The van der Waals surface area contributed by atoms with Crippen LogP contribution in [-0.4, -0.2) is 74.1 Å². The van der Waals surface area contributed by atoms with Gasteiger partial charge in [0.2, 0.25) is 5.91 Å². The number of aromatic nitrogens is 4. The van der Waals surface area contributed by atoms with Crippen molar-refractivity contribution in [3.63, 3.8) is 0 Å². The van der Waals surface area contributed by atoms with E-state index in [2.05, 4.69) is 22.0 Å². The molecule has 3 N–H and O–H groups in total. The van der Waals surface area contributed by atoms with E-state index in [1.54, 1.807) is 7.11 Å². The summed E-state index contributed by atoms with van der Waals surface area (Å²) in [4.78, 5) is 38.5. The number of carbonyl (C=O) groups excluding carboxylic acids is 2. The molecule has 4 aliphatic rings. The monoisotopic (exact) mass is 597 g/mol. The zero-order valence-electron chi connectivity index (χ0n) is 25.5. The third-order valence-corrected chi connectivity index (χ3v) is 10.3. The zero-order valence-corrected chi connectivity index (χ0v) is 25.5. The summed E-state index contributed by atoms with van der Waals surface area (Å²) in [6, 6.07) is 10.0. The number of nitrogens with zero attached hydrogens (tertiary/aromatic N) is 5. The minimum atomic E-state index is -0.229. The van der Waals surface area contributed by atoms with E-state index in [0.29, 0.717) is 48.6 Å². The number of hydrogen-bond donors (Lipinski definition) is 2. The van der Waals surface area contributed by atoms with Gasteiger partial charge in [0.1, 0.15) is 17.0 Å². The van der Waals surface area contributed by atoms with Gasteiger partial charge in [0, 0.05) is 54.7 Å². The maximum Gasteiger partial charge on any atom is 0.254 e. The van der Waals surface area contributed by atoms with Crippen molar-refractivity contribution in [1.82, 2.24) is 29.2 Å². The average Bonchev–Trinajstić information content (AvgIpc) is 3.27. The smallest absolute Gasteiger partial charge is 0.254 e. The number of pyridine rings is 2. The Morgan fingerprint density at radius 2 is 2.00 bits per heavy atom. The molecule has 11 heteroatoms. The van der Waals surface area contributed by atoms with Crippen LogP contribution in [0.5, 0.6) is 5.88 Å². The first-order valence-corrected chi connectivity index (χ1v) is 15.8. The van der Waals surface area contributed by atoms with Gasteiger partial charge in [-0.05, 0) is 75.6 Å². The van der Waals surface area contributed by atoms with Crippen molar-refractivity contribution < 1.29 is 19.1 Å². The number of fused-ring (bicyclic) bond motifs is 5. The van der Waals surface area contributed by atoms with E-state index >= 15 is 0 Å². The molecule has 1 aliphatic carbocycles. The van der Waals surface area contributed by atoms with Crippen LogP contribution in [0.15, 0.2) is 30.3 Å². The SMILES string of the molecule is COc1cc(C(=O)N2[C@H]3CC[C@@H]2[C@H](N)C3)cc2nc(-c3cc4ccc5nc4n3C[C@@H]3CC3COCCC(=O)N[C@@H]5C)c(C)n12. The van der Waals surface area contributed by atoms with Gasteiger partial charge in [0.05, 0.1) is 36.8 Å². The first-order chi connectivity index (χ1) is 21.3. The van der Waals surface area contributed by atoms with E-state index in [4.69, 9.17) is 25.2 Å². The van der Waals surface area contributed by atoms with Gasteiger partial charge < -0.3 is 30.0 Å². The molecule has 2 saturated heterocycles. The van der Waals surface area contributed by atoms with E-state index in [0.717, 1.165) is 66.0 Å². The number of amides is 2. The largest absolute Gasteiger partial charge is 0.482 e. The highest BCUT2D eigenvalue weighted by Gasteiger charge is 2.47. The Kier molecular flexibility index (Phi) is 6.46. The minimum Gasteiger partial charge on any atom is -0.482 e. The van der Waals surface area contributed by atoms with Crippen LogP contribution in [-0.2, 0) is 16.1 Å². The van der Waals surface area contributed by atoms with Crippen LogP contribution in [0.3, 0.4) is 0 Å². The third kappa shape index (κ3) is 4.39. The van der Waals surface area contributed by atoms with Gasteiger partial charge in [-0.25, -0.2) is 9.97 Å². The van der Waals surface area contributed by atoms with Gasteiger partial charge in [-0.3, -0.25) is 14.0 Å². The van der Waals surface area contributed by atoms with Crippen molar-refractivity contribution >= 4 is 28.5 Å². The molecule has 2 amide bonds.